The molecule has 1 aliphatic carbocycles. The maximum Gasteiger partial charge on any atom is 0.0571 e. The van der Waals surface area contributed by atoms with Gasteiger partial charge in [-0.2, -0.15) is 0 Å². The summed E-state index contributed by atoms with van der Waals surface area (Å²) in [5.74, 6) is 0. The van der Waals surface area contributed by atoms with Gasteiger partial charge in [-0.25, -0.2) is 0 Å². The highest BCUT2D eigenvalue weighted by molar-refractivity contribution is 4.61. The van der Waals surface area contributed by atoms with Crippen molar-refractivity contribution in [1.82, 2.24) is 6.15 Å². The van der Waals surface area contributed by atoms with Gasteiger partial charge in [-0.15, -0.1) is 0 Å². The molecule has 1 fully saturated rings. The van der Waals surface area contributed by atoms with Crippen molar-refractivity contribution in [3.05, 3.63) is 0 Å². The van der Waals surface area contributed by atoms with Gasteiger partial charge < -0.3 is 10.9 Å². The fourth-order valence-electron chi connectivity index (χ4n) is 1.65. The molecule has 0 aromatic heterocycles. The van der Waals surface area contributed by atoms with Gasteiger partial charge in [0.05, 0.1) is 6.10 Å². The van der Waals surface area contributed by atoms with Crippen LogP contribution < -0.4 is 6.15 Å². The summed E-state index contributed by atoms with van der Waals surface area (Å²) in [6.45, 7) is 0. The molecule has 2 nitrogen and oxygen atoms in total. The summed E-state index contributed by atoms with van der Waals surface area (Å²) >= 11 is 0. The van der Waals surface area contributed by atoms with Gasteiger partial charge >= 0.3 is 0 Å². The normalized spacial score (nSPS) is 21.5. The van der Waals surface area contributed by atoms with Gasteiger partial charge in [-0.05, 0) is 12.8 Å². The molecule has 0 amide bonds. The van der Waals surface area contributed by atoms with Crippen molar-refractivity contribution in [3.8, 4) is 0 Å². The molecule has 68 valence electrons. The molecule has 0 spiro atoms. The van der Waals surface area contributed by atoms with Gasteiger partial charge in [-0.3, -0.25) is 0 Å². The van der Waals surface area contributed by atoms with Crippen LogP contribution in [0.2, 0.25) is 0 Å². The maximum absolute atomic E-state index is 5.33. The third kappa shape index (κ3) is 4.38. The average molecular weight is 159 g/mol. The first kappa shape index (κ1) is 10.9. The molecule has 0 radical (unpaired) electrons. The summed E-state index contributed by atoms with van der Waals surface area (Å²) in [6.07, 6.45) is 10.2. The van der Waals surface area contributed by atoms with Crippen LogP contribution in [-0.2, 0) is 4.74 Å². The zero-order valence-electron chi connectivity index (χ0n) is 7.64. The Labute approximate surface area is 69.9 Å². The van der Waals surface area contributed by atoms with Gasteiger partial charge in [0.25, 0.3) is 0 Å². The highest BCUT2D eigenvalue weighted by Gasteiger charge is 2.08. The molecule has 1 saturated carbocycles. The Morgan fingerprint density at radius 2 is 1.36 bits per heavy atom. The molecule has 1 aliphatic rings. The molecule has 0 atom stereocenters. The van der Waals surface area contributed by atoms with Crippen molar-refractivity contribution in [1.29, 1.82) is 0 Å². The molecule has 0 heterocycles. The Morgan fingerprint density at radius 1 is 0.909 bits per heavy atom. The monoisotopic (exact) mass is 159 g/mol. The molecular weight excluding hydrogens is 138 g/mol. The van der Waals surface area contributed by atoms with Crippen molar-refractivity contribution in [3.63, 3.8) is 0 Å². The first-order chi connectivity index (χ1) is 4.93. The van der Waals surface area contributed by atoms with Crippen LogP contribution in [0.15, 0.2) is 0 Å². The predicted molar refractivity (Wildman–Crippen MR) is 48.1 cm³/mol. The van der Waals surface area contributed by atoms with Gasteiger partial charge in [0.15, 0.2) is 0 Å². The lowest BCUT2D eigenvalue weighted by Crippen LogP contribution is -2.11. The van der Waals surface area contributed by atoms with Crippen LogP contribution in [0.3, 0.4) is 0 Å². The first-order valence-corrected chi connectivity index (χ1v) is 4.46. The molecule has 0 aliphatic heterocycles. The van der Waals surface area contributed by atoms with Gasteiger partial charge in [0.1, 0.15) is 0 Å². The second kappa shape index (κ2) is 6.62. The minimum Gasteiger partial charge on any atom is -0.381 e. The van der Waals surface area contributed by atoms with E-state index in [2.05, 4.69) is 0 Å². The summed E-state index contributed by atoms with van der Waals surface area (Å²) in [4.78, 5) is 0. The molecule has 0 bridgehead atoms. The smallest absolute Gasteiger partial charge is 0.0571 e. The summed E-state index contributed by atoms with van der Waals surface area (Å²) in [7, 11) is 1.84. The van der Waals surface area contributed by atoms with Crippen LogP contribution >= 0.6 is 0 Å². The zero-order chi connectivity index (χ0) is 7.23. The van der Waals surface area contributed by atoms with E-state index in [0.717, 1.165) is 0 Å². The first-order valence-electron chi connectivity index (χ1n) is 4.46. The third-order valence-corrected chi connectivity index (χ3v) is 2.39. The van der Waals surface area contributed by atoms with E-state index in [1.807, 2.05) is 7.11 Å². The van der Waals surface area contributed by atoms with E-state index in [9.17, 15) is 0 Å². The van der Waals surface area contributed by atoms with Crippen molar-refractivity contribution in [2.24, 2.45) is 0 Å². The van der Waals surface area contributed by atoms with E-state index in [0.29, 0.717) is 6.10 Å². The SMILES string of the molecule is COC1CCCCCCC1.N. The largest absolute Gasteiger partial charge is 0.381 e. The number of methoxy groups -OCH3 is 1. The minimum atomic E-state index is 0. The number of ether oxygens (including phenoxy) is 1. The van der Waals surface area contributed by atoms with Crippen LogP contribution in [0.1, 0.15) is 44.9 Å². The Balaban J connectivity index is 0.000001000. The highest BCUT2D eigenvalue weighted by atomic mass is 16.5. The predicted octanol–water partition coefficient (Wildman–Crippen LogP) is 2.91. The Bertz CT molecular complexity index is 77.6. The maximum atomic E-state index is 5.33. The van der Waals surface area contributed by atoms with Crippen LogP contribution in [0.25, 0.3) is 0 Å². The average Bonchev–Trinajstić information content (AvgIpc) is 1.87. The zero-order valence-corrected chi connectivity index (χ0v) is 7.64. The van der Waals surface area contributed by atoms with Crippen LogP contribution in [0, 0.1) is 0 Å². The van der Waals surface area contributed by atoms with Crippen LogP contribution in [0.4, 0.5) is 0 Å². The summed E-state index contributed by atoms with van der Waals surface area (Å²) in [6, 6.07) is 0. The molecule has 0 unspecified atom stereocenters. The molecule has 11 heavy (non-hydrogen) atoms. The summed E-state index contributed by atoms with van der Waals surface area (Å²) < 4.78 is 5.33. The Kier molecular flexibility index (Phi) is 6.57. The standard InChI is InChI=1S/C9H18O.H3N/c1-10-9-7-5-3-2-4-6-8-9;/h9H,2-8H2,1H3;1H3. The summed E-state index contributed by atoms with van der Waals surface area (Å²) in [5.41, 5.74) is 0. The lowest BCUT2D eigenvalue weighted by Gasteiger charge is -2.17. The molecule has 3 N–H and O–H groups in total. The van der Waals surface area contributed by atoms with Gasteiger partial charge in [0.2, 0.25) is 0 Å². The van der Waals surface area contributed by atoms with E-state index in [4.69, 9.17) is 4.74 Å². The van der Waals surface area contributed by atoms with E-state index in [1.165, 1.54) is 44.9 Å². The Hall–Kier alpha value is -0.0800. The lowest BCUT2D eigenvalue weighted by atomic mass is 9.99. The van der Waals surface area contributed by atoms with Crippen molar-refractivity contribution in [2.45, 2.75) is 51.0 Å². The quantitative estimate of drug-likeness (QED) is 0.639. The number of rotatable bonds is 1. The van der Waals surface area contributed by atoms with E-state index >= 15 is 0 Å². The van der Waals surface area contributed by atoms with Gasteiger partial charge in [-0.1, -0.05) is 32.1 Å². The Morgan fingerprint density at radius 3 is 1.82 bits per heavy atom. The molecule has 0 aromatic rings. The number of hydrogen-bond acceptors (Lipinski definition) is 2. The molecule has 2 heteroatoms. The van der Waals surface area contributed by atoms with Crippen molar-refractivity contribution >= 4 is 0 Å². The fourth-order valence-corrected chi connectivity index (χ4v) is 1.65. The third-order valence-electron chi connectivity index (χ3n) is 2.39. The van der Waals surface area contributed by atoms with E-state index in [-0.39, 0.29) is 6.15 Å². The number of hydrogen-bond donors (Lipinski definition) is 1. The van der Waals surface area contributed by atoms with Crippen LogP contribution in [0.5, 0.6) is 0 Å². The highest BCUT2D eigenvalue weighted by Crippen LogP contribution is 2.18. The lowest BCUT2D eigenvalue weighted by molar-refractivity contribution is 0.0796. The van der Waals surface area contributed by atoms with E-state index < -0.39 is 0 Å². The fraction of sp³-hybridized carbons (Fsp3) is 1.00. The molecular formula is C9H21NO. The topological polar surface area (TPSA) is 44.2 Å². The van der Waals surface area contributed by atoms with Gasteiger partial charge in [0, 0.05) is 7.11 Å². The van der Waals surface area contributed by atoms with Crippen molar-refractivity contribution in [2.75, 3.05) is 7.11 Å². The summed E-state index contributed by atoms with van der Waals surface area (Å²) in [5, 5.41) is 0. The molecule has 0 aromatic carbocycles. The molecule has 1 rings (SSSR count). The molecule has 0 saturated heterocycles. The van der Waals surface area contributed by atoms with Crippen LogP contribution in [-0.4, -0.2) is 13.2 Å². The second-order valence-corrected chi connectivity index (χ2v) is 3.20. The minimum absolute atomic E-state index is 0. The second-order valence-electron chi connectivity index (χ2n) is 3.20. The van der Waals surface area contributed by atoms with Crippen molar-refractivity contribution < 1.29 is 4.74 Å². The van der Waals surface area contributed by atoms with E-state index in [1.54, 1.807) is 0 Å².